The highest BCUT2D eigenvalue weighted by atomic mass is 16.2. The molecule has 6 nitrogen and oxygen atoms in total. The van der Waals surface area contributed by atoms with Gasteiger partial charge in [0.1, 0.15) is 0 Å². The van der Waals surface area contributed by atoms with Crippen LogP contribution in [0.4, 0.5) is 0 Å². The van der Waals surface area contributed by atoms with Gasteiger partial charge in [0.2, 0.25) is 11.8 Å². The van der Waals surface area contributed by atoms with Gasteiger partial charge in [-0.05, 0) is 43.7 Å². The minimum absolute atomic E-state index is 0.0810. The minimum Gasteiger partial charge on any atom is -0.369 e. The Morgan fingerprint density at radius 2 is 1.80 bits per heavy atom. The average Bonchev–Trinajstić information content (AvgIpc) is 3.23. The summed E-state index contributed by atoms with van der Waals surface area (Å²) in [5, 5.41) is 0. The number of rotatable bonds is 5. The molecule has 1 aliphatic carbocycles. The van der Waals surface area contributed by atoms with Gasteiger partial charge in [0, 0.05) is 31.1 Å². The van der Waals surface area contributed by atoms with Crippen molar-refractivity contribution in [1.29, 1.82) is 0 Å². The summed E-state index contributed by atoms with van der Waals surface area (Å²) in [5.74, 6) is -0.543. The molecule has 3 amide bonds. The largest absolute Gasteiger partial charge is 0.369 e. The highest BCUT2D eigenvalue weighted by molar-refractivity contribution is 6.02. The van der Waals surface area contributed by atoms with Crippen molar-refractivity contribution in [3.63, 3.8) is 0 Å². The van der Waals surface area contributed by atoms with Crippen molar-refractivity contribution >= 4 is 17.7 Å². The van der Waals surface area contributed by atoms with Crippen molar-refractivity contribution < 1.29 is 14.4 Å². The van der Waals surface area contributed by atoms with Crippen LogP contribution >= 0.6 is 0 Å². The van der Waals surface area contributed by atoms with Crippen molar-refractivity contribution in [2.75, 3.05) is 19.6 Å². The predicted molar refractivity (Wildman–Crippen MR) is 115 cm³/mol. The summed E-state index contributed by atoms with van der Waals surface area (Å²) < 4.78 is 0. The minimum atomic E-state index is -0.418. The summed E-state index contributed by atoms with van der Waals surface area (Å²) in [6.45, 7) is 3.96. The van der Waals surface area contributed by atoms with Crippen LogP contribution in [0, 0.1) is 5.92 Å². The third-order valence-electron chi connectivity index (χ3n) is 7.48. The molecule has 1 aromatic carbocycles. The maximum atomic E-state index is 14.0. The number of likely N-dealkylation sites (tertiary alicyclic amines) is 1. The molecule has 1 spiro atoms. The van der Waals surface area contributed by atoms with Crippen LogP contribution in [0.2, 0.25) is 0 Å². The van der Waals surface area contributed by atoms with Gasteiger partial charge in [-0.25, -0.2) is 0 Å². The number of unbranched alkanes of at least 4 members (excludes halogenated alkanes) is 1. The van der Waals surface area contributed by atoms with Crippen LogP contribution in [0.1, 0.15) is 80.1 Å². The fourth-order valence-electron chi connectivity index (χ4n) is 5.85. The van der Waals surface area contributed by atoms with E-state index in [2.05, 4.69) is 6.92 Å². The molecule has 2 aliphatic heterocycles. The lowest BCUT2D eigenvalue weighted by atomic mass is 9.70. The predicted octanol–water partition coefficient (Wildman–Crippen LogP) is 3.06. The van der Waals surface area contributed by atoms with Crippen LogP contribution in [0.5, 0.6) is 0 Å². The van der Waals surface area contributed by atoms with Crippen molar-refractivity contribution in [3.8, 4) is 0 Å². The maximum Gasteiger partial charge on any atom is 0.254 e. The second-order valence-corrected chi connectivity index (χ2v) is 9.14. The number of primary amides is 1. The second-order valence-electron chi connectivity index (χ2n) is 9.14. The van der Waals surface area contributed by atoms with Gasteiger partial charge in [0.25, 0.3) is 5.91 Å². The molecule has 0 aromatic heterocycles. The number of carbonyl (C=O) groups excluding carboxylic acids is 3. The Labute approximate surface area is 178 Å². The summed E-state index contributed by atoms with van der Waals surface area (Å²) in [7, 11) is 0. The Morgan fingerprint density at radius 1 is 1.13 bits per heavy atom. The molecule has 1 saturated heterocycles. The Bertz CT molecular complexity index is 823. The fourth-order valence-corrected chi connectivity index (χ4v) is 5.85. The second kappa shape index (κ2) is 8.40. The molecule has 0 radical (unpaired) electrons. The summed E-state index contributed by atoms with van der Waals surface area (Å²) in [6.07, 6.45) is 7.07. The molecular weight excluding hydrogens is 378 g/mol. The monoisotopic (exact) mass is 411 g/mol. The summed E-state index contributed by atoms with van der Waals surface area (Å²) in [5.41, 5.74) is 6.63. The lowest BCUT2D eigenvalue weighted by Crippen LogP contribution is -2.61. The molecule has 1 aromatic rings. The third kappa shape index (κ3) is 3.40. The number of benzene rings is 1. The lowest BCUT2D eigenvalue weighted by Gasteiger charge is -2.51. The van der Waals surface area contributed by atoms with E-state index in [1.165, 1.54) is 0 Å². The van der Waals surface area contributed by atoms with Crippen molar-refractivity contribution in [3.05, 3.63) is 35.4 Å². The van der Waals surface area contributed by atoms with Gasteiger partial charge in [0.15, 0.2) is 0 Å². The lowest BCUT2D eigenvalue weighted by molar-refractivity contribution is -0.140. The zero-order valence-corrected chi connectivity index (χ0v) is 17.9. The molecular formula is C24H33N3O3. The molecule has 6 heteroatoms. The molecule has 2 heterocycles. The number of nitrogens with two attached hydrogens (primary N) is 1. The van der Waals surface area contributed by atoms with Crippen molar-refractivity contribution in [2.45, 2.75) is 69.7 Å². The molecule has 0 unspecified atom stereocenters. The fraction of sp³-hybridized carbons (Fsp3) is 0.625. The van der Waals surface area contributed by atoms with Gasteiger partial charge < -0.3 is 15.5 Å². The maximum absolute atomic E-state index is 14.0. The molecule has 0 bridgehead atoms. The SMILES string of the molecule is CCCCN1C(=O)c2ccccc2[C@H](C(=O)N2CCC(C(N)=O)CC2)C12CCCC2. The molecule has 3 aliphatic rings. The van der Waals surface area contributed by atoms with Crippen LogP contribution in [0.15, 0.2) is 24.3 Å². The number of piperidine rings is 1. The first-order chi connectivity index (χ1) is 14.5. The Balaban J connectivity index is 1.72. The summed E-state index contributed by atoms with van der Waals surface area (Å²) in [4.78, 5) is 43.0. The van der Waals surface area contributed by atoms with Crippen LogP contribution < -0.4 is 5.73 Å². The van der Waals surface area contributed by atoms with E-state index in [1.807, 2.05) is 34.1 Å². The van der Waals surface area contributed by atoms with Crippen LogP contribution in [-0.2, 0) is 9.59 Å². The third-order valence-corrected chi connectivity index (χ3v) is 7.48. The van der Waals surface area contributed by atoms with Crippen LogP contribution in [-0.4, -0.2) is 52.7 Å². The van der Waals surface area contributed by atoms with Crippen LogP contribution in [0.3, 0.4) is 0 Å². The van der Waals surface area contributed by atoms with E-state index in [4.69, 9.17) is 5.73 Å². The number of hydrogen-bond acceptors (Lipinski definition) is 3. The van der Waals surface area contributed by atoms with E-state index >= 15 is 0 Å². The first kappa shape index (κ1) is 20.9. The smallest absolute Gasteiger partial charge is 0.254 e. The zero-order chi connectivity index (χ0) is 21.3. The average molecular weight is 412 g/mol. The Kier molecular flexibility index (Phi) is 5.85. The van der Waals surface area contributed by atoms with Crippen LogP contribution in [0.25, 0.3) is 0 Å². The van der Waals surface area contributed by atoms with Gasteiger partial charge in [-0.2, -0.15) is 0 Å². The number of amides is 3. The number of carbonyl (C=O) groups is 3. The first-order valence-corrected chi connectivity index (χ1v) is 11.5. The Hall–Kier alpha value is -2.37. The number of nitrogens with zero attached hydrogens (tertiary/aromatic N) is 2. The standard InChI is InChI=1S/C24H33N3O3/c1-2-3-14-27-22(29)19-9-5-4-8-18(19)20(24(27)12-6-7-13-24)23(30)26-15-10-17(11-16-26)21(25)28/h4-5,8-9,17,20H,2-3,6-7,10-16H2,1H3,(H2,25,28)/t20-/m1/s1. The van der Waals surface area contributed by atoms with E-state index in [0.29, 0.717) is 38.0 Å². The molecule has 1 saturated carbocycles. The number of hydrogen-bond donors (Lipinski definition) is 1. The molecule has 1 atom stereocenters. The summed E-state index contributed by atoms with van der Waals surface area (Å²) >= 11 is 0. The summed E-state index contributed by atoms with van der Waals surface area (Å²) in [6, 6.07) is 7.68. The molecule has 2 N–H and O–H groups in total. The quantitative estimate of drug-likeness (QED) is 0.808. The molecule has 4 rings (SSSR count). The van der Waals surface area contributed by atoms with E-state index in [0.717, 1.165) is 44.1 Å². The molecule has 2 fully saturated rings. The van der Waals surface area contributed by atoms with E-state index < -0.39 is 5.54 Å². The topological polar surface area (TPSA) is 83.7 Å². The van der Waals surface area contributed by atoms with Gasteiger partial charge >= 0.3 is 0 Å². The van der Waals surface area contributed by atoms with Crippen molar-refractivity contribution in [2.24, 2.45) is 11.7 Å². The van der Waals surface area contributed by atoms with Gasteiger partial charge in [-0.1, -0.05) is 44.4 Å². The normalized spacial score (nSPS) is 23.6. The molecule has 30 heavy (non-hydrogen) atoms. The highest BCUT2D eigenvalue weighted by Crippen LogP contribution is 2.51. The van der Waals surface area contributed by atoms with Gasteiger partial charge in [-0.3, -0.25) is 14.4 Å². The zero-order valence-electron chi connectivity index (χ0n) is 17.9. The first-order valence-electron chi connectivity index (χ1n) is 11.5. The van der Waals surface area contributed by atoms with E-state index in [-0.39, 0.29) is 29.6 Å². The van der Waals surface area contributed by atoms with E-state index in [9.17, 15) is 14.4 Å². The number of fused-ring (bicyclic) bond motifs is 1. The highest BCUT2D eigenvalue weighted by Gasteiger charge is 2.56. The van der Waals surface area contributed by atoms with E-state index in [1.54, 1.807) is 0 Å². The molecule has 162 valence electrons. The van der Waals surface area contributed by atoms with Gasteiger partial charge in [-0.15, -0.1) is 0 Å². The Morgan fingerprint density at radius 3 is 2.43 bits per heavy atom. The van der Waals surface area contributed by atoms with Gasteiger partial charge in [0.05, 0.1) is 11.5 Å². The van der Waals surface area contributed by atoms with Crippen molar-refractivity contribution in [1.82, 2.24) is 9.80 Å².